The molecule has 0 aliphatic carbocycles. The van der Waals surface area contributed by atoms with E-state index in [1.807, 2.05) is 0 Å². The summed E-state index contributed by atoms with van der Waals surface area (Å²) >= 11 is 5.46. The Morgan fingerprint density at radius 2 is 2.11 bits per heavy atom. The number of hydrogen-bond acceptors (Lipinski definition) is 7. The van der Waals surface area contributed by atoms with Crippen LogP contribution in [-0.2, 0) is 9.63 Å². The van der Waals surface area contributed by atoms with Gasteiger partial charge in [0.2, 0.25) is 5.82 Å². The lowest BCUT2D eigenvalue weighted by molar-refractivity contribution is -0.230. The molecule has 2 amide bonds. The van der Waals surface area contributed by atoms with Gasteiger partial charge >= 0.3 is 18.2 Å². The van der Waals surface area contributed by atoms with Gasteiger partial charge in [0.1, 0.15) is 6.07 Å². The molecule has 0 aliphatic heterocycles. The summed E-state index contributed by atoms with van der Waals surface area (Å²) < 4.78 is 37.9. The van der Waals surface area contributed by atoms with E-state index < -0.39 is 18.2 Å². The normalized spacial score (nSPS) is 10.9. The molecule has 9 nitrogen and oxygen atoms in total. The highest BCUT2D eigenvalue weighted by Gasteiger charge is 2.44. The first-order valence-corrected chi connectivity index (χ1v) is 8.07. The van der Waals surface area contributed by atoms with Gasteiger partial charge in [-0.15, -0.1) is 11.6 Å². The number of aromatic nitrogens is 2. The van der Waals surface area contributed by atoms with Crippen molar-refractivity contribution in [2.75, 3.05) is 24.0 Å². The molecule has 0 saturated heterocycles. The molecule has 148 valence electrons. The fourth-order valence-electron chi connectivity index (χ4n) is 1.71. The molecule has 1 N–H and O–H groups in total. The van der Waals surface area contributed by atoms with Crippen molar-refractivity contribution < 1.29 is 27.6 Å². The Labute approximate surface area is 157 Å². The van der Waals surface area contributed by atoms with E-state index in [0.29, 0.717) is 0 Å². The van der Waals surface area contributed by atoms with Crippen LogP contribution in [0.15, 0.2) is 12.3 Å². The van der Waals surface area contributed by atoms with Crippen molar-refractivity contribution in [3.05, 3.63) is 18.1 Å². The maximum absolute atomic E-state index is 12.6. The lowest BCUT2D eigenvalue weighted by atomic mass is 10.2. The van der Waals surface area contributed by atoms with Gasteiger partial charge in [0.25, 0.3) is 0 Å². The fraction of sp³-hybridized carbons (Fsp3) is 0.500. The van der Waals surface area contributed by atoms with Crippen LogP contribution < -0.4 is 10.3 Å². The van der Waals surface area contributed by atoms with Crippen molar-refractivity contribution in [3.63, 3.8) is 0 Å². The number of hydrogen-bond donors (Lipinski definition) is 1. The summed E-state index contributed by atoms with van der Waals surface area (Å²) in [5, 5.41) is 12.1. The number of urea groups is 1. The zero-order valence-electron chi connectivity index (χ0n) is 14.3. The average Bonchev–Trinajstić information content (AvgIpc) is 2.61. The molecule has 13 heteroatoms. The molecule has 0 bridgehead atoms. The molecule has 0 spiro atoms. The summed E-state index contributed by atoms with van der Waals surface area (Å²) in [5.41, 5.74) is 0. The number of alkyl halides is 4. The predicted octanol–water partition coefficient (Wildman–Crippen LogP) is 2.00. The Bertz CT molecular complexity index is 710. The van der Waals surface area contributed by atoms with E-state index in [2.05, 4.69) is 20.1 Å². The summed E-state index contributed by atoms with van der Waals surface area (Å²) in [5.74, 6) is -3.23. The summed E-state index contributed by atoms with van der Waals surface area (Å²) in [6.07, 6.45) is -4.16. The zero-order chi connectivity index (χ0) is 20.6. The first-order chi connectivity index (χ1) is 12.6. The molecule has 1 aromatic rings. The van der Waals surface area contributed by atoms with Crippen LogP contribution in [-0.4, -0.2) is 52.3 Å². The molecule has 1 rings (SSSR count). The average molecular weight is 409 g/mol. The molecule has 0 aromatic carbocycles. The third-order valence-electron chi connectivity index (χ3n) is 2.71. The number of hydroxylamine groups is 1. The second kappa shape index (κ2) is 9.77. The van der Waals surface area contributed by atoms with Crippen molar-refractivity contribution in [1.29, 1.82) is 5.26 Å². The Morgan fingerprint density at radius 1 is 1.44 bits per heavy atom. The monoisotopic (exact) mass is 408 g/mol. The second-order valence-corrected chi connectivity index (χ2v) is 5.77. The van der Waals surface area contributed by atoms with Crippen molar-refractivity contribution in [3.8, 4) is 6.07 Å². The number of halogens is 4. The second-order valence-electron chi connectivity index (χ2n) is 5.40. The zero-order valence-corrected chi connectivity index (χ0v) is 15.1. The number of carbonyl (C=O) groups excluding carboxylic acids is 2. The highest BCUT2D eigenvalue weighted by atomic mass is 35.5. The van der Waals surface area contributed by atoms with Crippen molar-refractivity contribution in [1.82, 2.24) is 20.5 Å². The van der Waals surface area contributed by atoms with Crippen LogP contribution in [0.5, 0.6) is 0 Å². The maximum Gasteiger partial charge on any atom is 0.493 e. The van der Waals surface area contributed by atoms with Crippen LogP contribution in [0.2, 0.25) is 0 Å². The number of anilines is 1. The van der Waals surface area contributed by atoms with E-state index in [4.69, 9.17) is 16.9 Å². The van der Waals surface area contributed by atoms with Crippen molar-refractivity contribution in [2.45, 2.75) is 20.0 Å². The van der Waals surface area contributed by atoms with Crippen LogP contribution in [0.4, 0.5) is 23.8 Å². The van der Waals surface area contributed by atoms with E-state index in [1.165, 1.54) is 12.3 Å². The Kier molecular flexibility index (Phi) is 8.04. The summed E-state index contributed by atoms with van der Waals surface area (Å²) in [7, 11) is 0. The van der Waals surface area contributed by atoms with E-state index >= 15 is 0 Å². The first kappa shape index (κ1) is 22.2. The highest BCUT2D eigenvalue weighted by Crippen LogP contribution is 2.21. The molecule has 0 saturated carbocycles. The Hall–Kier alpha value is -2.81. The van der Waals surface area contributed by atoms with Crippen LogP contribution in [0.1, 0.15) is 19.7 Å². The van der Waals surface area contributed by atoms with Gasteiger partial charge in [0, 0.05) is 31.2 Å². The maximum atomic E-state index is 12.6. The standard InChI is InChI=1S/C14H16ClF3N6O3/c1-9(2)8-23(11-3-5-20-10(7-19)22-11)24(13(26)21-6-4-15)27-12(25)14(16,17)18/h3,5,9H,4,6,8H2,1-2H3,(H,21,26). The molecule has 27 heavy (non-hydrogen) atoms. The molecule has 1 aromatic heterocycles. The summed E-state index contributed by atoms with van der Waals surface area (Å²) in [6.45, 7) is 3.25. The lowest BCUT2D eigenvalue weighted by Gasteiger charge is -2.34. The minimum absolute atomic E-state index is 0.0247. The lowest BCUT2D eigenvalue weighted by Crippen LogP contribution is -2.55. The van der Waals surface area contributed by atoms with Crippen LogP contribution in [0.25, 0.3) is 0 Å². The minimum Gasteiger partial charge on any atom is -0.333 e. The highest BCUT2D eigenvalue weighted by molar-refractivity contribution is 6.18. The molecule has 0 fully saturated rings. The largest absolute Gasteiger partial charge is 0.493 e. The van der Waals surface area contributed by atoms with Crippen LogP contribution in [0.3, 0.4) is 0 Å². The van der Waals surface area contributed by atoms with E-state index in [-0.39, 0.29) is 41.7 Å². The third kappa shape index (κ3) is 6.78. The summed E-state index contributed by atoms with van der Waals surface area (Å²) in [6, 6.07) is 1.74. The van der Waals surface area contributed by atoms with Gasteiger partial charge < -0.3 is 10.2 Å². The molecule has 0 radical (unpaired) electrons. The number of hydrazine groups is 1. The van der Waals surface area contributed by atoms with E-state index in [9.17, 15) is 22.8 Å². The number of rotatable bonds is 6. The smallest absolute Gasteiger partial charge is 0.333 e. The number of nitrogens with zero attached hydrogens (tertiary/aromatic N) is 5. The molecular formula is C14H16ClF3N6O3. The van der Waals surface area contributed by atoms with Gasteiger partial charge in [-0.1, -0.05) is 13.8 Å². The van der Waals surface area contributed by atoms with Gasteiger partial charge in [-0.2, -0.15) is 23.4 Å². The predicted molar refractivity (Wildman–Crippen MR) is 87.0 cm³/mol. The molecule has 0 aliphatic rings. The number of carbonyl (C=O) groups is 2. The molecule has 0 atom stereocenters. The van der Waals surface area contributed by atoms with Gasteiger partial charge in [-0.25, -0.2) is 19.6 Å². The number of nitriles is 1. The van der Waals surface area contributed by atoms with Crippen molar-refractivity contribution in [2.24, 2.45) is 5.92 Å². The van der Waals surface area contributed by atoms with Gasteiger partial charge in [0.15, 0.2) is 5.82 Å². The molecule has 1 heterocycles. The first-order valence-electron chi connectivity index (χ1n) is 7.53. The number of nitrogens with one attached hydrogen (secondary N) is 1. The van der Waals surface area contributed by atoms with Gasteiger partial charge in [-0.05, 0) is 11.1 Å². The summed E-state index contributed by atoms with van der Waals surface area (Å²) in [4.78, 5) is 35.3. The van der Waals surface area contributed by atoms with Crippen LogP contribution in [0, 0.1) is 17.2 Å². The van der Waals surface area contributed by atoms with Crippen molar-refractivity contribution >= 4 is 29.4 Å². The number of amides is 2. The Balaban J connectivity index is 3.32. The van der Waals surface area contributed by atoms with E-state index in [0.717, 1.165) is 5.01 Å². The molecule has 0 unspecified atom stereocenters. The third-order valence-corrected chi connectivity index (χ3v) is 2.90. The Morgan fingerprint density at radius 3 is 2.63 bits per heavy atom. The van der Waals surface area contributed by atoms with Crippen LogP contribution >= 0.6 is 11.6 Å². The van der Waals surface area contributed by atoms with Gasteiger partial charge in [-0.3, -0.25) is 0 Å². The van der Waals surface area contributed by atoms with E-state index in [1.54, 1.807) is 19.9 Å². The molecular weight excluding hydrogens is 393 g/mol. The topological polar surface area (TPSA) is 111 Å². The quantitative estimate of drug-likeness (QED) is 0.566. The fourth-order valence-corrected chi connectivity index (χ4v) is 1.80. The SMILES string of the molecule is CC(C)CN(c1ccnc(C#N)n1)N(OC(=O)C(F)(F)F)C(=O)NCCCl. The minimum atomic E-state index is -5.34. The van der Waals surface area contributed by atoms with Gasteiger partial charge in [0.05, 0.1) is 0 Å².